The Morgan fingerprint density at radius 3 is 2.71 bits per heavy atom. The molecule has 2 heterocycles. The third-order valence-electron chi connectivity index (χ3n) is 4.39. The first-order valence-electron chi connectivity index (χ1n) is 8.91. The second-order valence-electron chi connectivity index (χ2n) is 6.27. The van der Waals surface area contributed by atoms with Crippen molar-refractivity contribution in [2.24, 2.45) is 0 Å². The first-order chi connectivity index (χ1) is 13.7. The molecular weight excluding hydrogens is 372 g/mol. The van der Waals surface area contributed by atoms with E-state index in [0.29, 0.717) is 17.9 Å². The van der Waals surface area contributed by atoms with Gasteiger partial charge in [0.15, 0.2) is 0 Å². The number of nitriles is 2. The van der Waals surface area contributed by atoms with Gasteiger partial charge in [0, 0.05) is 37.3 Å². The largest absolute Gasteiger partial charge is 0.354 e. The van der Waals surface area contributed by atoms with Gasteiger partial charge >= 0.3 is 0 Å². The van der Waals surface area contributed by atoms with Crippen LogP contribution in [0.3, 0.4) is 0 Å². The van der Waals surface area contributed by atoms with E-state index < -0.39 is 0 Å². The van der Waals surface area contributed by atoms with E-state index in [2.05, 4.69) is 32.2 Å². The summed E-state index contributed by atoms with van der Waals surface area (Å²) >= 11 is 1.41. The summed E-state index contributed by atoms with van der Waals surface area (Å²) in [6, 6.07) is 15.2. The maximum atomic E-state index is 12.5. The van der Waals surface area contributed by atoms with Crippen LogP contribution >= 0.6 is 11.8 Å². The van der Waals surface area contributed by atoms with E-state index in [1.807, 2.05) is 24.3 Å². The van der Waals surface area contributed by atoms with Gasteiger partial charge in [0.25, 0.3) is 0 Å². The van der Waals surface area contributed by atoms with Crippen molar-refractivity contribution >= 4 is 29.2 Å². The SMILES string of the molecule is N#CCSc1ccccc1NC(=O)CN1CCN(c2cc(C#N)ccn2)CC1. The van der Waals surface area contributed by atoms with Crippen LogP contribution in [0.2, 0.25) is 0 Å². The molecule has 1 aromatic heterocycles. The van der Waals surface area contributed by atoms with Crippen LogP contribution in [0.4, 0.5) is 11.5 Å². The number of anilines is 2. The highest BCUT2D eigenvalue weighted by Crippen LogP contribution is 2.26. The lowest BCUT2D eigenvalue weighted by Gasteiger charge is -2.35. The molecule has 0 aliphatic carbocycles. The number of piperazine rings is 1. The summed E-state index contributed by atoms with van der Waals surface area (Å²) in [5, 5.41) is 20.7. The molecule has 2 aromatic rings. The maximum absolute atomic E-state index is 12.5. The first kappa shape index (κ1) is 19.7. The number of benzene rings is 1. The molecule has 28 heavy (non-hydrogen) atoms. The summed E-state index contributed by atoms with van der Waals surface area (Å²) in [7, 11) is 0. The fourth-order valence-corrected chi connectivity index (χ4v) is 3.66. The molecule has 0 bridgehead atoms. The number of hydrogen-bond acceptors (Lipinski definition) is 7. The van der Waals surface area contributed by atoms with Crippen molar-refractivity contribution in [2.75, 3.05) is 48.7 Å². The van der Waals surface area contributed by atoms with Gasteiger partial charge in [0.1, 0.15) is 5.82 Å². The molecule has 1 amide bonds. The number of para-hydroxylation sites is 1. The van der Waals surface area contributed by atoms with Crippen LogP contribution in [0, 0.1) is 22.7 Å². The zero-order valence-corrected chi connectivity index (χ0v) is 16.2. The average Bonchev–Trinajstić information content (AvgIpc) is 2.73. The van der Waals surface area contributed by atoms with Crippen LogP contribution in [0.15, 0.2) is 47.5 Å². The normalized spacial score (nSPS) is 14.1. The number of thioether (sulfide) groups is 1. The van der Waals surface area contributed by atoms with Gasteiger partial charge in [-0.05, 0) is 24.3 Å². The zero-order valence-electron chi connectivity index (χ0n) is 15.3. The monoisotopic (exact) mass is 392 g/mol. The molecule has 0 saturated carbocycles. The number of hydrogen-bond donors (Lipinski definition) is 1. The first-order valence-corrected chi connectivity index (χ1v) is 9.90. The van der Waals surface area contributed by atoms with Crippen LogP contribution in [-0.4, -0.2) is 54.3 Å². The van der Waals surface area contributed by atoms with E-state index in [9.17, 15) is 4.79 Å². The molecule has 1 aliphatic rings. The Kier molecular flexibility index (Phi) is 6.85. The molecule has 8 heteroatoms. The predicted molar refractivity (Wildman–Crippen MR) is 109 cm³/mol. The van der Waals surface area contributed by atoms with E-state index in [0.717, 1.165) is 42.6 Å². The molecule has 7 nitrogen and oxygen atoms in total. The number of amides is 1. The standard InChI is InChI=1S/C20H20N6OS/c21-6-12-28-18-4-2-1-3-17(18)24-20(27)15-25-8-10-26(11-9-25)19-13-16(14-22)5-7-23-19/h1-5,7,13H,8-12,15H2,(H,24,27). The second-order valence-corrected chi connectivity index (χ2v) is 7.29. The van der Waals surface area contributed by atoms with Gasteiger partial charge in [-0.2, -0.15) is 10.5 Å². The highest BCUT2D eigenvalue weighted by Gasteiger charge is 2.20. The minimum atomic E-state index is -0.0666. The molecule has 1 N–H and O–H groups in total. The smallest absolute Gasteiger partial charge is 0.238 e. The third-order valence-corrected chi connectivity index (χ3v) is 5.33. The predicted octanol–water partition coefficient (Wildman–Crippen LogP) is 2.33. The van der Waals surface area contributed by atoms with Gasteiger partial charge in [-0.1, -0.05) is 12.1 Å². The lowest BCUT2D eigenvalue weighted by Crippen LogP contribution is -2.49. The fraction of sp³-hybridized carbons (Fsp3) is 0.300. The van der Waals surface area contributed by atoms with Gasteiger partial charge in [-0.15, -0.1) is 11.8 Å². The van der Waals surface area contributed by atoms with E-state index >= 15 is 0 Å². The molecule has 1 fully saturated rings. The summed E-state index contributed by atoms with van der Waals surface area (Å²) in [5.74, 6) is 1.07. The van der Waals surface area contributed by atoms with Gasteiger partial charge in [-0.25, -0.2) is 4.98 Å². The Morgan fingerprint density at radius 2 is 1.96 bits per heavy atom. The Balaban J connectivity index is 1.52. The average molecular weight is 392 g/mol. The van der Waals surface area contributed by atoms with Gasteiger partial charge in [0.2, 0.25) is 5.91 Å². The molecular formula is C20H20N6OS. The highest BCUT2D eigenvalue weighted by molar-refractivity contribution is 7.99. The Labute approximate surface area is 168 Å². The minimum absolute atomic E-state index is 0.0666. The van der Waals surface area contributed by atoms with Crippen molar-refractivity contribution in [1.29, 1.82) is 10.5 Å². The van der Waals surface area contributed by atoms with E-state index in [1.165, 1.54) is 11.8 Å². The molecule has 0 radical (unpaired) electrons. The molecule has 3 rings (SSSR count). The van der Waals surface area contributed by atoms with Crippen molar-refractivity contribution < 1.29 is 4.79 Å². The fourth-order valence-electron chi connectivity index (χ4n) is 2.99. The van der Waals surface area contributed by atoms with Crippen molar-refractivity contribution in [2.45, 2.75) is 4.90 Å². The lowest BCUT2D eigenvalue weighted by molar-refractivity contribution is -0.117. The summed E-state index contributed by atoms with van der Waals surface area (Å²) in [6.45, 7) is 3.32. The molecule has 142 valence electrons. The lowest BCUT2D eigenvalue weighted by atomic mass is 10.2. The Hall–Kier alpha value is -3.07. The van der Waals surface area contributed by atoms with Crippen molar-refractivity contribution in [1.82, 2.24) is 9.88 Å². The number of rotatable bonds is 6. The molecule has 1 saturated heterocycles. The second kappa shape index (κ2) is 9.75. The molecule has 1 aromatic carbocycles. The quantitative estimate of drug-likeness (QED) is 0.754. The zero-order chi connectivity index (χ0) is 19.8. The number of pyridine rings is 1. The summed E-state index contributed by atoms with van der Waals surface area (Å²) < 4.78 is 0. The van der Waals surface area contributed by atoms with E-state index in [4.69, 9.17) is 10.5 Å². The van der Waals surface area contributed by atoms with Crippen LogP contribution in [-0.2, 0) is 4.79 Å². The number of nitrogens with one attached hydrogen (secondary N) is 1. The maximum Gasteiger partial charge on any atom is 0.238 e. The Morgan fingerprint density at radius 1 is 1.18 bits per heavy atom. The molecule has 0 unspecified atom stereocenters. The highest BCUT2D eigenvalue weighted by atomic mass is 32.2. The van der Waals surface area contributed by atoms with Gasteiger partial charge in [0.05, 0.1) is 35.7 Å². The molecule has 0 spiro atoms. The summed E-state index contributed by atoms with van der Waals surface area (Å²) in [4.78, 5) is 21.9. The number of aromatic nitrogens is 1. The summed E-state index contributed by atoms with van der Waals surface area (Å²) in [5.41, 5.74) is 1.34. The molecule has 1 aliphatic heterocycles. The third kappa shape index (κ3) is 5.23. The number of nitrogens with zero attached hydrogens (tertiary/aromatic N) is 5. The minimum Gasteiger partial charge on any atom is -0.354 e. The van der Waals surface area contributed by atoms with E-state index in [-0.39, 0.29) is 5.91 Å². The molecule has 0 atom stereocenters. The Bertz CT molecular complexity index is 911. The van der Waals surface area contributed by atoms with Crippen LogP contribution in [0.1, 0.15) is 5.56 Å². The van der Waals surface area contributed by atoms with Crippen molar-refractivity contribution in [3.05, 3.63) is 48.2 Å². The van der Waals surface area contributed by atoms with Gasteiger partial charge < -0.3 is 10.2 Å². The van der Waals surface area contributed by atoms with Gasteiger partial charge in [-0.3, -0.25) is 9.69 Å². The van der Waals surface area contributed by atoms with Crippen molar-refractivity contribution in [3.63, 3.8) is 0 Å². The van der Waals surface area contributed by atoms with Crippen molar-refractivity contribution in [3.8, 4) is 12.1 Å². The summed E-state index contributed by atoms with van der Waals surface area (Å²) in [6.07, 6.45) is 1.65. The van der Waals surface area contributed by atoms with Crippen LogP contribution < -0.4 is 10.2 Å². The van der Waals surface area contributed by atoms with Crippen LogP contribution in [0.5, 0.6) is 0 Å². The topological polar surface area (TPSA) is 96.0 Å². The van der Waals surface area contributed by atoms with Crippen LogP contribution in [0.25, 0.3) is 0 Å². The van der Waals surface area contributed by atoms with E-state index in [1.54, 1.807) is 18.3 Å². The number of carbonyl (C=O) groups is 1. The number of carbonyl (C=O) groups excluding carboxylic acids is 1.